The number of nitrogens with zero attached hydrogens (tertiary/aromatic N) is 4. The number of nitrogens with one attached hydrogen (secondary N) is 2. The van der Waals surface area contributed by atoms with Gasteiger partial charge < -0.3 is 14.8 Å². The summed E-state index contributed by atoms with van der Waals surface area (Å²) in [7, 11) is 1.84. The van der Waals surface area contributed by atoms with Crippen molar-refractivity contribution in [3.05, 3.63) is 34.7 Å². The van der Waals surface area contributed by atoms with Crippen molar-refractivity contribution in [3.8, 4) is 0 Å². The molecule has 9 heteroatoms. The molecule has 7 nitrogen and oxygen atoms in total. The molecule has 150 valence electrons. The Morgan fingerprint density at radius 3 is 2.85 bits per heavy atom. The maximum absolute atomic E-state index is 12.8. The largest absolute Gasteiger partial charge is 0.334 e. The van der Waals surface area contributed by atoms with E-state index in [0.29, 0.717) is 12.2 Å². The lowest BCUT2D eigenvalue weighted by molar-refractivity contribution is 0.0777. The van der Waals surface area contributed by atoms with Crippen LogP contribution in [0, 0.1) is 0 Å². The first kappa shape index (κ1) is 21.7. The van der Waals surface area contributed by atoms with Crippen LogP contribution < -0.4 is 5.32 Å². The molecule has 0 saturated heterocycles. The van der Waals surface area contributed by atoms with Crippen molar-refractivity contribution in [1.82, 2.24) is 30.0 Å². The molecule has 2 aliphatic rings. The molecule has 1 amide bonds. The Morgan fingerprint density at radius 2 is 2.00 bits per heavy atom. The van der Waals surface area contributed by atoms with E-state index in [1.165, 1.54) is 30.5 Å². The monoisotopic (exact) mass is 414 g/mol. The van der Waals surface area contributed by atoms with Gasteiger partial charge in [-0.25, -0.2) is 4.98 Å². The van der Waals surface area contributed by atoms with Gasteiger partial charge in [-0.2, -0.15) is 5.10 Å². The molecule has 0 unspecified atom stereocenters. The second-order valence-corrected chi connectivity index (χ2v) is 7.09. The Kier molecular flexibility index (Phi) is 7.70. The topological polar surface area (TPSA) is 78.8 Å². The number of amides is 1. The molecule has 0 spiro atoms. The molecule has 27 heavy (non-hydrogen) atoms. The number of rotatable bonds is 3. The predicted molar refractivity (Wildman–Crippen MR) is 109 cm³/mol. The molecule has 0 radical (unpaired) electrons. The van der Waals surface area contributed by atoms with Crippen LogP contribution >= 0.6 is 24.8 Å². The first-order valence-electron chi connectivity index (χ1n) is 9.29. The quantitative estimate of drug-likeness (QED) is 0.753. The zero-order valence-electron chi connectivity index (χ0n) is 15.7. The van der Waals surface area contributed by atoms with E-state index < -0.39 is 0 Å². The average molecular weight is 415 g/mol. The number of aromatic nitrogens is 4. The van der Waals surface area contributed by atoms with Gasteiger partial charge >= 0.3 is 0 Å². The first-order chi connectivity index (χ1) is 12.2. The summed E-state index contributed by atoms with van der Waals surface area (Å²) in [4.78, 5) is 19.1. The van der Waals surface area contributed by atoms with Crippen LogP contribution in [0.5, 0.6) is 0 Å². The average Bonchev–Trinajstić information content (AvgIpc) is 3.00. The fourth-order valence-electron chi connectivity index (χ4n) is 3.82. The van der Waals surface area contributed by atoms with E-state index in [4.69, 9.17) is 0 Å². The lowest BCUT2D eigenvalue weighted by Gasteiger charge is -2.15. The molecule has 2 aromatic heterocycles. The van der Waals surface area contributed by atoms with Crippen molar-refractivity contribution in [2.45, 2.75) is 51.6 Å². The highest BCUT2D eigenvalue weighted by atomic mass is 35.5. The van der Waals surface area contributed by atoms with E-state index in [0.717, 1.165) is 50.4 Å². The van der Waals surface area contributed by atoms with Gasteiger partial charge in [-0.1, -0.05) is 6.42 Å². The normalized spacial score (nSPS) is 16.0. The lowest BCUT2D eigenvalue weighted by atomic mass is 10.1. The maximum Gasteiger partial charge on any atom is 0.274 e. The van der Waals surface area contributed by atoms with Gasteiger partial charge in [0.2, 0.25) is 0 Å². The number of halogens is 2. The summed E-state index contributed by atoms with van der Waals surface area (Å²) in [5.74, 6) is 0.967. The second kappa shape index (κ2) is 9.57. The van der Waals surface area contributed by atoms with Crippen LogP contribution in [0.3, 0.4) is 0 Å². The molecule has 4 rings (SSSR count). The van der Waals surface area contributed by atoms with Gasteiger partial charge in [0.15, 0.2) is 0 Å². The molecule has 2 aromatic rings. The molecule has 2 N–H and O–H groups in total. The van der Waals surface area contributed by atoms with Gasteiger partial charge in [-0.05, 0) is 31.2 Å². The van der Waals surface area contributed by atoms with Crippen molar-refractivity contribution >= 4 is 30.7 Å². The van der Waals surface area contributed by atoms with Crippen molar-refractivity contribution in [3.63, 3.8) is 0 Å². The van der Waals surface area contributed by atoms with Crippen molar-refractivity contribution < 1.29 is 4.79 Å². The van der Waals surface area contributed by atoms with E-state index in [9.17, 15) is 4.79 Å². The number of hydrogen-bond donors (Lipinski definition) is 2. The van der Waals surface area contributed by atoms with E-state index >= 15 is 0 Å². The molecule has 0 fully saturated rings. The van der Waals surface area contributed by atoms with Crippen molar-refractivity contribution in [1.29, 1.82) is 0 Å². The van der Waals surface area contributed by atoms with Gasteiger partial charge in [0.1, 0.15) is 11.5 Å². The van der Waals surface area contributed by atoms with Gasteiger partial charge in [0.05, 0.1) is 12.2 Å². The van der Waals surface area contributed by atoms with Crippen LogP contribution in [0.1, 0.15) is 52.5 Å². The number of aryl methyl sites for hydroxylation is 1. The highest BCUT2D eigenvalue weighted by Crippen LogP contribution is 2.22. The highest BCUT2D eigenvalue weighted by molar-refractivity contribution is 5.92. The minimum Gasteiger partial charge on any atom is -0.334 e. The number of hydrogen-bond acceptors (Lipinski definition) is 4. The molecule has 0 atom stereocenters. The lowest BCUT2D eigenvalue weighted by Crippen LogP contribution is -2.27. The number of aromatic amines is 1. The number of fused-ring (bicyclic) bond motifs is 2. The molecule has 0 saturated carbocycles. The zero-order valence-corrected chi connectivity index (χ0v) is 17.3. The van der Waals surface area contributed by atoms with E-state index in [1.807, 2.05) is 13.2 Å². The van der Waals surface area contributed by atoms with Crippen molar-refractivity contribution in [2.24, 2.45) is 0 Å². The summed E-state index contributed by atoms with van der Waals surface area (Å²) in [6, 6.07) is 0. The maximum atomic E-state index is 12.8. The fraction of sp³-hybridized carbons (Fsp3) is 0.611. The van der Waals surface area contributed by atoms with E-state index in [2.05, 4.69) is 25.1 Å². The summed E-state index contributed by atoms with van der Waals surface area (Å²) in [6.07, 6.45) is 8.59. The molecule has 0 bridgehead atoms. The van der Waals surface area contributed by atoms with Crippen LogP contribution in [0.2, 0.25) is 0 Å². The smallest absolute Gasteiger partial charge is 0.274 e. The molecule has 3 heterocycles. The Morgan fingerprint density at radius 1 is 1.19 bits per heavy atom. The van der Waals surface area contributed by atoms with Crippen LogP contribution in [-0.4, -0.2) is 50.7 Å². The Balaban J connectivity index is 0.00000131. The summed E-state index contributed by atoms with van der Waals surface area (Å²) < 4.78 is 2.10. The molecule has 1 aliphatic carbocycles. The Labute approximate surface area is 172 Å². The van der Waals surface area contributed by atoms with Crippen LogP contribution in [0.15, 0.2) is 6.20 Å². The number of carbonyl (C=O) groups excluding carboxylic acids is 1. The van der Waals surface area contributed by atoms with E-state index in [1.54, 1.807) is 4.90 Å². The van der Waals surface area contributed by atoms with Crippen LogP contribution in [0.25, 0.3) is 0 Å². The minimum absolute atomic E-state index is 0. The van der Waals surface area contributed by atoms with Gasteiger partial charge in [0.25, 0.3) is 5.91 Å². The summed E-state index contributed by atoms with van der Waals surface area (Å²) >= 11 is 0. The fourth-order valence-corrected chi connectivity index (χ4v) is 3.82. The third-order valence-corrected chi connectivity index (χ3v) is 5.26. The summed E-state index contributed by atoms with van der Waals surface area (Å²) in [5, 5.41) is 11.0. The number of imidazole rings is 1. The molecule has 0 aromatic carbocycles. The van der Waals surface area contributed by atoms with E-state index in [-0.39, 0.29) is 30.7 Å². The first-order valence-corrected chi connectivity index (χ1v) is 9.29. The van der Waals surface area contributed by atoms with Crippen molar-refractivity contribution in [2.75, 3.05) is 20.1 Å². The SMILES string of the molecule is CN(Cc1n[nH]c2c1CCCCC2)C(=O)c1cn2c(n1)CCNCC2.Cl.Cl. The third-order valence-electron chi connectivity index (χ3n) is 5.26. The molecular formula is C18H28Cl2N6O. The van der Waals surface area contributed by atoms with Gasteiger partial charge in [0, 0.05) is 45.0 Å². The minimum atomic E-state index is -0.0288. The van der Waals surface area contributed by atoms with Crippen LogP contribution in [-0.2, 0) is 32.4 Å². The summed E-state index contributed by atoms with van der Waals surface area (Å²) in [6.45, 7) is 3.24. The Hall–Kier alpha value is -1.57. The summed E-state index contributed by atoms with van der Waals surface area (Å²) in [5.41, 5.74) is 4.14. The standard InChI is InChI=1S/C18H26N6O.2ClH/c1-23(11-15-13-5-3-2-4-6-14(13)21-22-15)18(25)16-12-24-10-9-19-8-7-17(24)20-16;;/h12,19H,2-11H2,1H3,(H,21,22);2*1H. The van der Waals surface area contributed by atoms with Gasteiger partial charge in [-0.15, -0.1) is 24.8 Å². The molecule has 1 aliphatic heterocycles. The predicted octanol–water partition coefficient (Wildman–Crippen LogP) is 2.14. The third kappa shape index (κ3) is 4.65. The van der Waals surface area contributed by atoms with Crippen LogP contribution in [0.4, 0.5) is 0 Å². The number of H-pyrrole nitrogens is 1. The zero-order chi connectivity index (χ0) is 17.2. The Bertz CT molecular complexity index is 748. The number of carbonyl (C=O) groups is 1. The second-order valence-electron chi connectivity index (χ2n) is 7.09. The molecular weight excluding hydrogens is 387 g/mol. The highest BCUT2D eigenvalue weighted by Gasteiger charge is 2.22. The van der Waals surface area contributed by atoms with Gasteiger partial charge in [-0.3, -0.25) is 9.89 Å².